The van der Waals surface area contributed by atoms with Gasteiger partial charge in [-0.1, -0.05) is 18.2 Å². The van der Waals surface area contributed by atoms with Gasteiger partial charge in [0.05, 0.1) is 13.7 Å². The number of ether oxygens (including phenoxy) is 1. The first kappa shape index (κ1) is 21.3. The molecule has 2 amide bonds. The lowest BCUT2D eigenvalue weighted by Gasteiger charge is -2.12. The number of carbonyl (C=O) groups excluding carboxylic acids is 2. The third kappa shape index (κ3) is 4.93. The number of rotatable bonds is 7. The first-order valence-electron chi connectivity index (χ1n) is 9.31. The van der Waals surface area contributed by atoms with Crippen molar-refractivity contribution in [3.63, 3.8) is 0 Å². The lowest BCUT2D eigenvalue weighted by Crippen LogP contribution is -2.35. The standard InChI is InChI=1S/C21H23N5O3S/c1-13-5-4-6-14(2)19(13)23-17(27)11-22-18(28)12-26-20(24-25-21(26)30)15-7-9-16(29-3)10-8-15/h4-10H,11-12H2,1-3H3,(H,22,28)(H,23,27)(H,25,30). The van der Waals surface area contributed by atoms with Crippen LogP contribution in [-0.2, 0) is 16.1 Å². The van der Waals surface area contributed by atoms with Gasteiger partial charge in [0.15, 0.2) is 10.6 Å². The summed E-state index contributed by atoms with van der Waals surface area (Å²) in [6.07, 6.45) is 0. The number of carbonyl (C=O) groups is 2. The predicted octanol–water partition coefficient (Wildman–Crippen LogP) is 2.99. The fourth-order valence-electron chi connectivity index (χ4n) is 3.00. The van der Waals surface area contributed by atoms with E-state index in [-0.39, 0.29) is 24.9 Å². The lowest BCUT2D eigenvalue weighted by molar-refractivity contribution is -0.124. The Morgan fingerprint density at radius 3 is 2.40 bits per heavy atom. The highest BCUT2D eigenvalue weighted by Gasteiger charge is 2.14. The van der Waals surface area contributed by atoms with Crippen LogP contribution in [0.3, 0.4) is 0 Å². The maximum atomic E-state index is 12.4. The van der Waals surface area contributed by atoms with Gasteiger partial charge in [0.25, 0.3) is 0 Å². The highest BCUT2D eigenvalue weighted by Crippen LogP contribution is 2.21. The van der Waals surface area contributed by atoms with Gasteiger partial charge in [0.2, 0.25) is 11.8 Å². The van der Waals surface area contributed by atoms with E-state index in [9.17, 15) is 9.59 Å². The topological polar surface area (TPSA) is 101 Å². The van der Waals surface area contributed by atoms with Gasteiger partial charge in [-0.2, -0.15) is 5.10 Å². The number of nitrogens with one attached hydrogen (secondary N) is 3. The highest BCUT2D eigenvalue weighted by molar-refractivity contribution is 7.71. The monoisotopic (exact) mass is 425 g/mol. The molecule has 9 heteroatoms. The van der Waals surface area contributed by atoms with E-state index in [1.54, 1.807) is 23.8 Å². The Balaban J connectivity index is 1.63. The van der Waals surface area contributed by atoms with Crippen LogP contribution in [0.2, 0.25) is 0 Å². The summed E-state index contributed by atoms with van der Waals surface area (Å²) in [4.78, 5) is 24.7. The Hall–Kier alpha value is -3.46. The van der Waals surface area contributed by atoms with Crippen LogP contribution in [0, 0.1) is 18.6 Å². The van der Waals surface area contributed by atoms with E-state index < -0.39 is 0 Å². The molecule has 0 saturated carbocycles. The summed E-state index contributed by atoms with van der Waals surface area (Å²) in [6.45, 7) is 3.63. The van der Waals surface area contributed by atoms with E-state index in [0.717, 1.165) is 22.4 Å². The number of nitrogens with zero attached hydrogens (tertiary/aromatic N) is 2. The molecule has 1 heterocycles. The molecule has 30 heavy (non-hydrogen) atoms. The van der Waals surface area contributed by atoms with Gasteiger partial charge in [-0.15, -0.1) is 0 Å². The molecule has 0 fully saturated rings. The van der Waals surface area contributed by atoms with Crippen molar-refractivity contribution >= 4 is 29.7 Å². The molecule has 0 aliphatic rings. The van der Waals surface area contributed by atoms with Gasteiger partial charge in [0, 0.05) is 11.3 Å². The number of aryl methyl sites for hydroxylation is 2. The molecule has 0 aliphatic heterocycles. The van der Waals surface area contributed by atoms with Crippen LogP contribution in [0.5, 0.6) is 5.75 Å². The molecular formula is C21H23N5O3S. The fraction of sp³-hybridized carbons (Fsp3) is 0.238. The van der Waals surface area contributed by atoms with E-state index >= 15 is 0 Å². The number of H-pyrrole nitrogens is 1. The number of para-hydroxylation sites is 1. The molecule has 3 rings (SSSR count). The molecule has 156 valence electrons. The minimum atomic E-state index is -0.348. The van der Waals surface area contributed by atoms with Crippen molar-refractivity contribution in [3.8, 4) is 17.1 Å². The summed E-state index contributed by atoms with van der Waals surface area (Å²) >= 11 is 5.25. The molecular weight excluding hydrogens is 402 g/mol. The Kier molecular flexibility index (Phi) is 6.63. The first-order chi connectivity index (χ1) is 14.4. The van der Waals surface area contributed by atoms with E-state index in [0.29, 0.717) is 16.3 Å². The molecule has 0 radical (unpaired) electrons. The number of anilines is 1. The fourth-order valence-corrected chi connectivity index (χ4v) is 3.20. The zero-order valence-corrected chi connectivity index (χ0v) is 17.8. The number of hydrogen-bond acceptors (Lipinski definition) is 5. The van der Waals surface area contributed by atoms with Crippen molar-refractivity contribution in [3.05, 3.63) is 58.4 Å². The maximum Gasteiger partial charge on any atom is 0.243 e. The number of benzene rings is 2. The number of methoxy groups -OCH3 is 1. The van der Waals surface area contributed by atoms with Crippen molar-refractivity contribution in [2.24, 2.45) is 0 Å². The molecule has 1 aromatic heterocycles. The summed E-state index contributed by atoms with van der Waals surface area (Å²) in [5.41, 5.74) is 3.46. The van der Waals surface area contributed by atoms with Gasteiger partial charge in [-0.25, -0.2) is 0 Å². The molecule has 0 saturated heterocycles. The second-order valence-electron chi connectivity index (χ2n) is 6.76. The number of hydrogen-bond donors (Lipinski definition) is 3. The largest absolute Gasteiger partial charge is 0.497 e. The SMILES string of the molecule is COc1ccc(-c2n[nH]c(=S)n2CC(=O)NCC(=O)Nc2c(C)cccc2C)cc1. The van der Waals surface area contributed by atoms with Gasteiger partial charge >= 0.3 is 0 Å². The zero-order valence-electron chi connectivity index (χ0n) is 17.0. The molecule has 8 nitrogen and oxygen atoms in total. The van der Waals surface area contributed by atoms with Crippen molar-refractivity contribution in [2.75, 3.05) is 19.0 Å². The summed E-state index contributed by atoms with van der Waals surface area (Å²) in [7, 11) is 1.59. The van der Waals surface area contributed by atoms with Crippen molar-refractivity contribution in [2.45, 2.75) is 20.4 Å². The minimum absolute atomic E-state index is 0.0621. The van der Waals surface area contributed by atoms with Crippen molar-refractivity contribution < 1.29 is 14.3 Å². The van der Waals surface area contributed by atoms with Crippen LogP contribution < -0.4 is 15.4 Å². The van der Waals surface area contributed by atoms with Crippen LogP contribution in [-0.4, -0.2) is 40.2 Å². The predicted molar refractivity (Wildman–Crippen MR) is 117 cm³/mol. The second-order valence-corrected chi connectivity index (χ2v) is 7.15. The molecule has 0 bridgehead atoms. The van der Waals surface area contributed by atoms with Crippen LogP contribution in [0.15, 0.2) is 42.5 Å². The molecule has 0 aliphatic carbocycles. The first-order valence-corrected chi connectivity index (χ1v) is 9.72. The van der Waals surface area contributed by atoms with Crippen LogP contribution in [0.1, 0.15) is 11.1 Å². The average molecular weight is 426 g/mol. The smallest absolute Gasteiger partial charge is 0.243 e. The Morgan fingerprint density at radius 1 is 1.10 bits per heavy atom. The minimum Gasteiger partial charge on any atom is -0.497 e. The molecule has 0 spiro atoms. The number of aromatic amines is 1. The average Bonchev–Trinajstić information content (AvgIpc) is 3.09. The third-order valence-corrected chi connectivity index (χ3v) is 4.91. The highest BCUT2D eigenvalue weighted by atomic mass is 32.1. The Morgan fingerprint density at radius 2 is 1.77 bits per heavy atom. The molecule has 0 atom stereocenters. The maximum absolute atomic E-state index is 12.4. The van der Waals surface area contributed by atoms with Crippen molar-refractivity contribution in [1.29, 1.82) is 0 Å². The molecule has 2 aromatic carbocycles. The van der Waals surface area contributed by atoms with Crippen LogP contribution in [0.4, 0.5) is 5.69 Å². The summed E-state index contributed by atoms with van der Waals surface area (Å²) in [6, 6.07) is 13.0. The number of amides is 2. The molecule has 0 unspecified atom stereocenters. The third-order valence-electron chi connectivity index (χ3n) is 4.60. The van der Waals surface area contributed by atoms with Crippen molar-refractivity contribution in [1.82, 2.24) is 20.1 Å². The van der Waals surface area contributed by atoms with Gasteiger partial charge < -0.3 is 15.4 Å². The molecule has 3 N–H and O–H groups in total. The number of aromatic nitrogens is 3. The Bertz CT molecular complexity index is 1100. The molecule has 3 aromatic rings. The van der Waals surface area contributed by atoms with Crippen LogP contribution in [0.25, 0.3) is 11.4 Å². The Labute approximate surface area is 179 Å². The lowest BCUT2D eigenvalue weighted by atomic mass is 10.1. The zero-order chi connectivity index (χ0) is 21.7. The van der Waals surface area contributed by atoms with Gasteiger partial charge in [-0.3, -0.25) is 19.3 Å². The summed E-state index contributed by atoms with van der Waals surface area (Å²) in [5, 5.41) is 12.4. The van der Waals surface area contributed by atoms with E-state index in [2.05, 4.69) is 20.8 Å². The van der Waals surface area contributed by atoms with Gasteiger partial charge in [0.1, 0.15) is 12.3 Å². The van der Waals surface area contributed by atoms with E-state index in [1.807, 2.05) is 44.2 Å². The summed E-state index contributed by atoms with van der Waals surface area (Å²) in [5.74, 6) is 0.593. The second kappa shape index (κ2) is 9.36. The van der Waals surface area contributed by atoms with Crippen LogP contribution >= 0.6 is 12.2 Å². The quantitative estimate of drug-likeness (QED) is 0.505. The van der Waals surface area contributed by atoms with Gasteiger partial charge in [-0.05, 0) is 61.5 Å². The van der Waals surface area contributed by atoms with E-state index in [1.165, 1.54) is 0 Å². The van der Waals surface area contributed by atoms with E-state index in [4.69, 9.17) is 17.0 Å². The summed E-state index contributed by atoms with van der Waals surface area (Å²) < 4.78 is 7.05. The normalized spacial score (nSPS) is 10.5.